The summed E-state index contributed by atoms with van der Waals surface area (Å²) in [7, 11) is -1.30. The van der Waals surface area contributed by atoms with Crippen molar-refractivity contribution in [1.29, 1.82) is 0 Å². The number of nitrogens with one attached hydrogen (secondary N) is 1. The third-order valence-corrected chi connectivity index (χ3v) is 3.60. The van der Waals surface area contributed by atoms with Crippen molar-refractivity contribution in [1.82, 2.24) is 9.55 Å². The maximum atomic E-state index is 11.2. The van der Waals surface area contributed by atoms with Crippen molar-refractivity contribution in [3.05, 3.63) is 58.6 Å². The van der Waals surface area contributed by atoms with E-state index >= 15 is 0 Å². The van der Waals surface area contributed by atoms with Crippen LogP contribution in [-0.4, -0.2) is 26.7 Å². The van der Waals surface area contributed by atoms with Gasteiger partial charge in [0.2, 0.25) is 5.56 Å². The Morgan fingerprint density at radius 1 is 1.35 bits per heavy atom. The van der Waals surface area contributed by atoms with E-state index in [0.29, 0.717) is 13.0 Å². The Hall–Kier alpha value is -2.05. The second-order valence-corrected chi connectivity index (χ2v) is 5.02. The first kappa shape index (κ1) is 13.0. The van der Waals surface area contributed by atoms with Gasteiger partial charge in [-0.15, -0.1) is 0 Å². The van der Waals surface area contributed by atoms with Gasteiger partial charge in [0.05, 0.1) is 11.0 Å². The molecule has 2 heterocycles. The zero-order chi connectivity index (χ0) is 14.1. The lowest BCUT2D eigenvalue weighted by Gasteiger charge is -2.15. The molecule has 0 aromatic carbocycles. The van der Waals surface area contributed by atoms with Gasteiger partial charge in [0, 0.05) is 24.6 Å². The highest BCUT2D eigenvalue weighted by molar-refractivity contribution is 6.44. The summed E-state index contributed by atoms with van der Waals surface area (Å²) in [4.78, 5) is 14.0. The van der Waals surface area contributed by atoms with Crippen LogP contribution in [0.2, 0.25) is 5.82 Å². The molecule has 1 aliphatic carbocycles. The molecule has 1 atom stereocenters. The number of aromatic amines is 1. The van der Waals surface area contributed by atoms with E-state index in [1.54, 1.807) is 0 Å². The predicted octanol–water partition coefficient (Wildman–Crippen LogP) is 1.06. The highest BCUT2D eigenvalue weighted by Crippen LogP contribution is 2.24. The van der Waals surface area contributed by atoms with Gasteiger partial charge in [0.15, 0.2) is 0 Å². The molecule has 3 N–H and O–H groups in total. The number of allylic oxidation sites excluding steroid dienone is 4. The quantitative estimate of drug-likeness (QED) is 0.730. The number of aromatic nitrogens is 2. The van der Waals surface area contributed by atoms with Crippen molar-refractivity contribution in [2.45, 2.75) is 18.8 Å². The monoisotopic (exact) mass is 270 g/mol. The lowest BCUT2D eigenvalue weighted by molar-refractivity contribution is 0.394. The Morgan fingerprint density at radius 2 is 2.20 bits per heavy atom. The van der Waals surface area contributed by atoms with Crippen LogP contribution in [0.1, 0.15) is 6.42 Å². The fourth-order valence-corrected chi connectivity index (χ4v) is 2.46. The lowest BCUT2D eigenvalue weighted by Crippen LogP contribution is -2.19. The van der Waals surface area contributed by atoms with Gasteiger partial charge in [0.1, 0.15) is 0 Å². The van der Waals surface area contributed by atoms with Crippen LogP contribution < -0.4 is 5.56 Å². The van der Waals surface area contributed by atoms with Gasteiger partial charge >= 0.3 is 7.12 Å². The molecule has 2 aromatic rings. The first-order valence-electron chi connectivity index (χ1n) is 6.55. The zero-order valence-corrected chi connectivity index (χ0v) is 10.9. The van der Waals surface area contributed by atoms with E-state index in [2.05, 4.69) is 9.55 Å². The Labute approximate surface area is 116 Å². The molecule has 0 radical (unpaired) electrons. The van der Waals surface area contributed by atoms with Gasteiger partial charge in [-0.1, -0.05) is 18.2 Å². The highest BCUT2D eigenvalue weighted by Gasteiger charge is 2.21. The Balaban J connectivity index is 1.81. The van der Waals surface area contributed by atoms with Crippen molar-refractivity contribution in [3.63, 3.8) is 0 Å². The number of hydrogen-bond acceptors (Lipinski definition) is 3. The van der Waals surface area contributed by atoms with Crippen LogP contribution >= 0.6 is 0 Å². The van der Waals surface area contributed by atoms with E-state index in [1.807, 2.05) is 36.6 Å². The molecule has 5 nitrogen and oxygen atoms in total. The van der Waals surface area contributed by atoms with E-state index in [4.69, 9.17) is 10.0 Å². The van der Waals surface area contributed by atoms with Crippen LogP contribution in [0.3, 0.4) is 0 Å². The minimum absolute atomic E-state index is 0.105. The van der Waals surface area contributed by atoms with E-state index in [9.17, 15) is 4.79 Å². The normalized spacial score (nSPS) is 18.3. The molecule has 6 heteroatoms. The number of rotatable bonds is 3. The summed E-state index contributed by atoms with van der Waals surface area (Å²) in [5.41, 5.74) is 2.81. The van der Waals surface area contributed by atoms with Crippen molar-refractivity contribution in [3.8, 4) is 0 Å². The topological polar surface area (TPSA) is 78.2 Å². The summed E-state index contributed by atoms with van der Waals surface area (Å²) in [6, 6.07) is 5.20. The smallest absolute Gasteiger partial charge is 0.427 e. The standard InChI is InChI=1S/C14H15BN2O3/c18-14-6-5-13-12(16-14)7-8-17(13)9-10-1-3-11(4-2-10)15(19)20/h1-3,5-8,11,19-20H,4,9H2,(H,16,18). The minimum Gasteiger partial charge on any atom is -0.427 e. The zero-order valence-electron chi connectivity index (χ0n) is 10.9. The van der Waals surface area contributed by atoms with Gasteiger partial charge in [-0.2, -0.15) is 0 Å². The largest absolute Gasteiger partial charge is 0.459 e. The predicted molar refractivity (Wildman–Crippen MR) is 78.3 cm³/mol. The molecule has 3 rings (SSSR count). The molecular formula is C14H15BN2O3. The number of H-pyrrole nitrogens is 1. The van der Waals surface area contributed by atoms with Gasteiger partial charge in [-0.05, 0) is 24.1 Å². The van der Waals surface area contributed by atoms with E-state index in [0.717, 1.165) is 16.6 Å². The van der Waals surface area contributed by atoms with E-state index < -0.39 is 7.12 Å². The molecule has 1 unspecified atom stereocenters. The molecule has 0 amide bonds. The molecule has 0 fully saturated rings. The summed E-state index contributed by atoms with van der Waals surface area (Å²) in [6.45, 7) is 0.695. The summed E-state index contributed by atoms with van der Waals surface area (Å²) >= 11 is 0. The SMILES string of the molecule is O=c1ccc2c(ccn2CC2=CCC(B(O)O)C=C2)[nH]1. The maximum absolute atomic E-state index is 11.2. The maximum Gasteiger partial charge on any atom is 0.459 e. The van der Waals surface area contributed by atoms with Crippen LogP contribution in [0, 0.1) is 0 Å². The fourth-order valence-electron chi connectivity index (χ4n) is 2.46. The Morgan fingerprint density at radius 3 is 2.90 bits per heavy atom. The van der Waals surface area contributed by atoms with Crippen LogP contribution in [0.15, 0.2) is 53.0 Å². The number of hydrogen-bond donors (Lipinski definition) is 3. The molecular weight excluding hydrogens is 255 g/mol. The summed E-state index contributed by atoms with van der Waals surface area (Å²) in [5.74, 6) is -0.225. The Bertz CT molecular complexity index is 742. The molecule has 0 saturated heterocycles. The Kier molecular flexibility index (Phi) is 3.34. The van der Waals surface area contributed by atoms with Crippen molar-refractivity contribution >= 4 is 18.2 Å². The van der Waals surface area contributed by atoms with Crippen LogP contribution in [-0.2, 0) is 6.54 Å². The van der Waals surface area contributed by atoms with Gasteiger partial charge < -0.3 is 19.6 Å². The van der Waals surface area contributed by atoms with Crippen molar-refractivity contribution < 1.29 is 10.0 Å². The highest BCUT2D eigenvalue weighted by atomic mass is 16.4. The van der Waals surface area contributed by atoms with Gasteiger partial charge in [0.25, 0.3) is 0 Å². The number of pyridine rings is 1. The van der Waals surface area contributed by atoms with E-state index in [-0.39, 0.29) is 11.4 Å². The molecule has 0 spiro atoms. The van der Waals surface area contributed by atoms with Crippen LogP contribution in [0.4, 0.5) is 0 Å². The first-order valence-corrected chi connectivity index (χ1v) is 6.55. The van der Waals surface area contributed by atoms with E-state index in [1.165, 1.54) is 6.07 Å². The van der Waals surface area contributed by atoms with Crippen LogP contribution in [0.5, 0.6) is 0 Å². The second kappa shape index (κ2) is 5.15. The first-order chi connectivity index (χ1) is 9.63. The van der Waals surface area contributed by atoms with Gasteiger partial charge in [-0.3, -0.25) is 4.79 Å². The molecule has 0 saturated carbocycles. The van der Waals surface area contributed by atoms with Crippen LogP contribution in [0.25, 0.3) is 11.0 Å². The third kappa shape index (κ3) is 2.48. The summed E-state index contributed by atoms with van der Waals surface area (Å²) < 4.78 is 2.05. The molecule has 1 aliphatic rings. The van der Waals surface area contributed by atoms with Crippen molar-refractivity contribution in [2.24, 2.45) is 0 Å². The summed E-state index contributed by atoms with van der Waals surface area (Å²) in [5, 5.41) is 18.2. The number of nitrogens with zero attached hydrogens (tertiary/aromatic N) is 1. The van der Waals surface area contributed by atoms with Crippen molar-refractivity contribution in [2.75, 3.05) is 0 Å². The average Bonchev–Trinajstić information content (AvgIpc) is 2.81. The molecule has 0 aliphatic heterocycles. The molecule has 0 bridgehead atoms. The molecule has 102 valence electrons. The third-order valence-electron chi connectivity index (χ3n) is 3.60. The molecule has 2 aromatic heterocycles. The van der Waals surface area contributed by atoms with Gasteiger partial charge in [-0.25, -0.2) is 0 Å². The average molecular weight is 270 g/mol. The fraction of sp³-hybridized carbons (Fsp3) is 0.214. The number of fused-ring (bicyclic) bond motifs is 1. The summed E-state index contributed by atoms with van der Waals surface area (Å²) in [6.07, 6.45) is 8.32. The minimum atomic E-state index is -1.30. The lowest BCUT2D eigenvalue weighted by atomic mass is 9.69. The molecule has 20 heavy (non-hydrogen) atoms. The second-order valence-electron chi connectivity index (χ2n) is 5.02.